The number of ether oxygens (including phenoxy) is 1. The van der Waals surface area contributed by atoms with Crippen molar-refractivity contribution in [3.05, 3.63) is 62.5 Å². The van der Waals surface area contributed by atoms with Gasteiger partial charge in [0.05, 0.1) is 24.9 Å². The summed E-state index contributed by atoms with van der Waals surface area (Å²) in [5, 5.41) is 5.08. The second-order valence-corrected chi connectivity index (χ2v) is 6.26. The first-order valence-corrected chi connectivity index (χ1v) is 8.28. The molecule has 1 aromatic carbocycles. The van der Waals surface area contributed by atoms with Crippen molar-refractivity contribution in [3.63, 3.8) is 0 Å². The van der Waals surface area contributed by atoms with Gasteiger partial charge in [0.2, 0.25) is 0 Å². The lowest BCUT2D eigenvalue weighted by molar-refractivity contribution is 0.0601. The molecule has 0 saturated heterocycles. The van der Waals surface area contributed by atoms with Crippen LogP contribution in [0, 0.1) is 13.8 Å². The van der Waals surface area contributed by atoms with Crippen LogP contribution >= 0.6 is 11.3 Å². The van der Waals surface area contributed by atoms with E-state index >= 15 is 0 Å². The molecular formula is C17H17N3O3S. The maximum Gasteiger partial charge on any atom is 0.340 e. The number of esters is 1. The van der Waals surface area contributed by atoms with E-state index in [2.05, 4.69) is 10.3 Å². The minimum Gasteiger partial charge on any atom is -0.465 e. The van der Waals surface area contributed by atoms with E-state index in [4.69, 9.17) is 4.74 Å². The van der Waals surface area contributed by atoms with Crippen molar-refractivity contribution in [1.29, 1.82) is 0 Å². The molecule has 0 radical (unpaired) electrons. The first kappa shape index (κ1) is 16.2. The summed E-state index contributed by atoms with van der Waals surface area (Å²) in [6.07, 6.45) is 0. The van der Waals surface area contributed by atoms with Gasteiger partial charge in [0.1, 0.15) is 0 Å². The molecular weight excluding hydrogens is 326 g/mol. The number of nitrogens with one attached hydrogen (secondary N) is 1. The van der Waals surface area contributed by atoms with Gasteiger partial charge in [-0.3, -0.25) is 9.20 Å². The zero-order valence-electron chi connectivity index (χ0n) is 13.6. The average Bonchev–Trinajstić information content (AvgIpc) is 2.94. The Morgan fingerprint density at radius 2 is 2.17 bits per heavy atom. The van der Waals surface area contributed by atoms with Crippen LogP contribution in [0.5, 0.6) is 0 Å². The summed E-state index contributed by atoms with van der Waals surface area (Å²) in [5.41, 5.74) is 3.37. The number of nitrogens with zero attached hydrogens (tertiary/aromatic N) is 2. The van der Waals surface area contributed by atoms with Crippen molar-refractivity contribution in [2.45, 2.75) is 20.4 Å². The molecule has 1 N–H and O–H groups in total. The van der Waals surface area contributed by atoms with Crippen LogP contribution in [-0.4, -0.2) is 22.5 Å². The normalized spacial score (nSPS) is 10.8. The van der Waals surface area contributed by atoms with Gasteiger partial charge in [-0.25, -0.2) is 9.78 Å². The molecule has 7 heteroatoms. The highest BCUT2D eigenvalue weighted by Crippen LogP contribution is 2.21. The zero-order valence-corrected chi connectivity index (χ0v) is 14.4. The summed E-state index contributed by atoms with van der Waals surface area (Å²) in [5.74, 6) is -0.395. The standard InChI is InChI=1S/C17H17N3O3S/c1-10-5-4-6-13(15(10)16(22)23-3)18-8-12-7-14(21)20-11(2)9-24-17(20)19-12/h4-7,9,18H,8H2,1-3H3. The molecule has 0 saturated carbocycles. The monoisotopic (exact) mass is 343 g/mol. The van der Waals surface area contributed by atoms with Gasteiger partial charge in [-0.15, -0.1) is 11.3 Å². The lowest BCUT2D eigenvalue weighted by atomic mass is 10.1. The molecule has 0 atom stereocenters. The minimum atomic E-state index is -0.395. The van der Waals surface area contributed by atoms with Crippen LogP contribution in [0.1, 0.15) is 27.3 Å². The van der Waals surface area contributed by atoms with E-state index in [1.165, 1.54) is 24.5 Å². The molecule has 0 aliphatic rings. The highest BCUT2D eigenvalue weighted by Gasteiger charge is 2.15. The van der Waals surface area contributed by atoms with Crippen LogP contribution in [-0.2, 0) is 11.3 Å². The highest BCUT2D eigenvalue weighted by atomic mass is 32.1. The van der Waals surface area contributed by atoms with Crippen molar-refractivity contribution in [1.82, 2.24) is 9.38 Å². The van der Waals surface area contributed by atoms with Crippen LogP contribution in [0.3, 0.4) is 0 Å². The molecule has 0 unspecified atom stereocenters. The van der Waals surface area contributed by atoms with Gasteiger partial charge in [-0.05, 0) is 25.5 Å². The summed E-state index contributed by atoms with van der Waals surface area (Å²) >= 11 is 1.43. The van der Waals surface area contributed by atoms with E-state index in [9.17, 15) is 9.59 Å². The fourth-order valence-electron chi connectivity index (χ4n) is 2.57. The molecule has 2 aromatic heterocycles. The number of rotatable bonds is 4. The van der Waals surface area contributed by atoms with E-state index in [1.807, 2.05) is 31.4 Å². The van der Waals surface area contributed by atoms with Crippen LogP contribution < -0.4 is 10.9 Å². The lowest BCUT2D eigenvalue weighted by Crippen LogP contribution is -2.17. The van der Waals surface area contributed by atoms with Crippen molar-refractivity contribution < 1.29 is 9.53 Å². The maximum atomic E-state index is 12.2. The Morgan fingerprint density at radius 1 is 1.38 bits per heavy atom. The van der Waals surface area contributed by atoms with Gasteiger partial charge in [-0.2, -0.15) is 0 Å². The predicted molar refractivity (Wildman–Crippen MR) is 93.9 cm³/mol. The molecule has 0 spiro atoms. The molecule has 24 heavy (non-hydrogen) atoms. The molecule has 2 heterocycles. The van der Waals surface area contributed by atoms with Gasteiger partial charge in [0.15, 0.2) is 4.96 Å². The third-order valence-electron chi connectivity index (χ3n) is 3.75. The fourth-order valence-corrected chi connectivity index (χ4v) is 3.46. The molecule has 124 valence electrons. The van der Waals surface area contributed by atoms with Crippen LogP contribution in [0.25, 0.3) is 4.96 Å². The van der Waals surface area contributed by atoms with Crippen molar-refractivity contribution in [2.24, 2.45) is 0 Å². The van der Waals surface area contributed by atoms with E-state index in [0.29, 0.717) is 28.5 Å². The topological polar surface area (TPSA) is 72.7 Å². The Labute approximate surface area is 142 Å². The van der Waals surface area contributed by atoms with Crippen LogP contribution in [0.2, 0.25) is 0 Å². The number of benzene rings is 1. The van der Waals surface area contributed by atoms with Crippen molar-refractivity contribution >= 4 is 28.0 Å². The number of thiazole rings is 1. The number of carbonyl (C=O) groups excluding carboxylic acids is 1. The quantitative estimate of drug-likeness (QED) is 0.738. The summed E-state index contributed by atoms with van der Waals surface area (Å²) < 4.78 is 6.43. The first-order valence-electron chi connectivity index (χ1n) is 7.40. The number of fused-ring (bicyclic) bond motifs is 1. The average molecular weight is 343 g/mol. The van der Waals surface area contributed by atoms with E-state index in [0.717, 1.165) is 11.3 Å². The maximum absolute atomic E-state index is 12.2. The second-order valence-electron chi connectivity index (χ2n) is 5.42. The summed E-state index contributed by atoms with van der Waals surface area (Å²) in [4.78, 5) is 29.3. The molecule has 0 bridgehead atoms. The third kappa shape index (κ3) is 2.90. The molecule has 0 amide bonds. The van der Waals surface area contributed by atoms with E-state index in [1.54, 1.807) is 10.5 Å². The Bertz CT molecular complexity index is 975. The molecule has 0 aliphatic heterocycles. The highest BCUT2D eigenvalue weighted by molar-refractivity contribution is 7.15. The van der Waals surface area contributed by atoms with Crippen LogP contribution in [0.15, 0.2) is 34.4 Å². The summed E-state index contributed by atoms with van der Waals surface area (Å²) in [6, 6.07) is 7.02. The molecule has 3 aromatic rings. The van der Waals surface area contributed by atoms with E-state index in [-0.39, 0.29) is 5.56 Å². The van der Waals surface area contributed by atoms with Crippen molar-refractivity contribution in [3.8, 4) is 0 Å². The largest absolute Gasteiger partial charge is 0.465 e. The van der Waals surface area contributed by atoms with Crippen LogP contribution in [0.4, 0.5) is 5.69 Å². The fraction of sp³-hybridized carbons (Fsp3) is 0.235. The van der Waals surface area contributed by atoms with Gasteiger partial charge < -0.3 is 10.1 Å². The number of aromatic nitrogens is 2. The minimum absolute atomic E-state index is 0.104. The number of methoxy groups -OCH3 is 1. The number of hydrogen-bond acceptors (Lipinski definition) is 6. The van der Waals surface area contributed by atoms with Gasteiger partial charge in [-0.1, -0.05) is 12.1 Å². The number of aryl methyl sites for hydroxylation is 2. The lowest BCUT2D eigenvalue weighted by Gasteiger charge is -2.12. The van der Waals surface area contributed by atoms with Gasteiger partial charge in [0.25, 0.3) is 5.56 Å². The molecule has 0 fully saturated rings. The third-order valence-corrected chi connectivity index (χ3v) is 4.69. The smallest absolute Gasteiger partial charge is 0.340 e. The Morgan fingerprint density at radius 3 is 2.92 bits per heavy atom. The first-order chi connectivity index (χ1) is 11.5. The Kier molecular flexibility index (Phi) is 4.35. The Balaban J connectivity index is 1.90. The van der Waals surface area contributed by atoms with E-state index < -0.39 is 5.97 Å². The molecule has 0 aliphatic carbocycles. The molecule has 3 rings (SSSR count). The predicted octanol–water partition coefficient (Wildman–Crippen LogP) is 2.77. The summed E-state index contributed by atoms with van der Waals surface area (Å²) in [6.45, 7) is 4.07. The number of anilines is 1. The van der Waals surface area contributed by atoms with Gasteiger partial charge >= 0.3 is 5.97 Å². The van der Waals surface area contributed by atoms with Gasteiger partial charge in [0, 0.05) is 22.8 Å². The summed E-state index contributed by atoms with van der Waals surface area (Å²) in [7, 11) is 1.36. The SMILES string of the molecule is COC(=O)c1c(C)cccc1NCc1cc(=O)n2c(C)csc2n1. The number of hydrogen-bond donors (Lipinski definition) is 1. The zero-order chi connectivity index (χ0) is 17.3. The Hall–Kier alpha value is -2.67. The number of carbonyl (C=O) groups is 1. The van der Waals surface area contributed by atoms with Crippen molar-refractivity contribution in [2.75, 3.05) is 12.4 Å². The second kappa shape index (κ2) is 6.45. The molecule has 6 nitrogen and oxygen atoms in total.